The molecule has 1 atom stereocenters. The van der Waals surface area contributed by atoms with Crippen molar-refractivity contribution in [3.8, 4) is 0 Å². The lowest BCUT2D eigenvalue weighted by Gasteiger charge is -2.27. The fourth-order valence-corrected chi connectivity index (χ4v) is 3.81. The van der Waals surface area contributed by atoms with Crippen molar-refractivity contribution >= 4 is 23.7 Å². The van der Waals surface area contributed by atoms with E-state index in [9.17, 15) is 4.79 Å². The molecule has 0 saturated carbocycles. The van der Waals surface area contributed by atoms with E-state index < -0.39 is 0 Å². The smallest absolute Gasteiger partial charge is 0.255 e. The molecule has 1 amide bonds. The van der Waals surface area contributed by atoms with Gasteiger partial charge in [0, 0.05) is 27.3 Å². The van der Waals surface area contributed by atoms with E-state index in [1.165, 1.54) is 11.1 Å². The molecule has 1 aromatic carbocycles. The molecule has 4 heteroatoms. The second-order valence-electron chi connectivity index (χ2n) is 7.04. The number of carbonyl (C=O) groups excluding carboxylic acids is 1. The fraction of sp³-hybridized carbons (Fsp3) is 0.304. The molecule has 27 heavy (non-hydrogen) atoms. The Morgan fingerprint density at radius 1 is 1.37 bits per heavy atom. The van der Waals surface area contributed by atoms with Crippen LogP contribution in [0.25, 0.3) is 12.2 Å². The van der Waals surface area contributed by atoms with Gasteiger partial charge in [-0.3, -0.25) is 9.78 Å². The van der Waals surface area contributed by atoms with Crippen LogP contribution >= 0.6 is 0 Å². The van der Waals surface area contributed by atoms with E-state index in [1.54, 1.807) is 12.3 Å². The zero-order chi connectivity index (χ0) is 19.4. The average molecular weight is 364 g/mol. The summed E-state index contributed by atoms with van der Waals surface area (Å²) in [6, 6.07) is 8.43. The van der Waals surface area contributed by atoms with Crippen LogP contribution in [0.15, 0.2) is 43.1 Å². The normalized spacial score (nSPS) is 16.0. The molecule has 0 spiro atoms. The molecule has 0 bridgehead atoms. The average Bonchev–Trinajstić information content (AvgIpc) is 2.68. The van der Waals surface area contributed by atoms with E-state index in [2.05, 4.69) is 35.1 Å². The molecule has 1 heterocycles. The number of fused-ring (bicyclic) bond motifs is 1. The minimum absolute atomic E-state index is 0. The molecular formula is C23H29N3O. The van der Waals surface area contributed by atoms with Gasteiger partial charge < -0.3 is 10.2 Å². The molecule has 0 aliphatic heterocycles. The first kappa shape index (κ1) is 18.9. The largest absolute Gasteiger partial charge is 0.376 e. The Balaban J connectivity index is 0.00000280. The predicted molar refractivity (Wildman–Crippen MR) is 115 cm³/mol. The number of anilines is 1. The van der Waals surface area contributed by atoms with Crippen LogP contribution in [0.2, 0.25) is 0 Å². The highest BCUT2D eigenvalue weighted by molar-refractivity contribution is 6.02. The third-order valence-corrected chi connectivity index (χ3v) is 5.01. The first-order chi connectivity index (χ1) is 13.1. The Morgan fingerprint density at radius 3 is 2.85 bits per heavy atom. The van der Waals surface area contributed by atoms with E-state index in [0.717, 1.165) is 36.2 Å². The van der Waals surface area contributed by atoms with Crippen molar-refractivity contribution in [1.29, 1.82) is 0 Å². The summed E-state index contributed by atoms with van der Waals surface area (Å²) in [7, 11) is 3.89. The molecule has 0 saturated heterocycles. The van der Waals surface area contributed by atoms with Crippen molar-refractivity contribution in [2.45, 2.75) is 32.2 Å². The maximum absolute atomic E-state index is 13.2. The van der Waals surface area contributed by atoms with Crippen LogP contribution in [0.3, 0.4) is 0 Å². The van der Waals surface area contributed by atoms with Crippen molar-refractivity contribution < 1.29 is 6.22 Å². The number of aryl methyl sites for hydroxylation is 1. The Kier molecular flexibility index (Phi) is 5.75. The van der Waals surface area contributed by atoms with E-state index >= 15 is 0 Å². The minimum Gasteiger partial charge on any atom is -0.376 e. The SMILES string of the molecule is C=Cc1ncc(C(=O)N[C@H]2CCCc3ccccc32)c(N(C)C)c1/C=C\C.[HH]. The van der Waals surface area contributed by atoms with Gasteiger partial charge in [0.1, 0.15) is 0 Å². The molecule has 1 aliphatic carbocycles. The van der Waals surface area contributed by atoms with Crippen LogP contribution in [0.4, 0.5) is 5.69 Å². The first-order valence-electron chi connectivity index (χ1n) is 9.41. The Labute approximate surface area is 163 Å². The van der Waals surface area contributed by atoms with Crippen molar-refractivity contribution in [3.63, 3.8) is 0 Å². The van der Waals surface area contributed by atoms with Crippen molar-refractivity contribution in [2.75, 3.05) is 19.0 Å². The summed E-state index contributed by atoms with van der Waals surface area (Å²) in [5.41, 5.74) is 5.69. The van der Waals surface area contributed by atoms with Gasteiger partial charge in [-0.25, -0.2) is 0 Å². The number of benzene rings is 1. The Bertz CT molecular complexity index is 889. The molecule has 0 fully saturated rings. The van der Waals surface area contributed by atoms with Crippen LogP contribution in [-0.4, -0.2) is 25.0 Å². The summed E-state index contributed by atoms with van der Waals surface area (Å²) in [6.45, 7) is 5.81. The zero-order valence-electron chi connectivity index (χ0n) is 16.3. The summed E-state index contributed by atoms with van der Waals surface area (Å²) in [4.78, 5) is 19.6. The number of aromatic nitrogens is 1. The van der Waals surface area contributed by atoms with Crippen LogP contribution in [0.5, 0.6) is 0 Å². The number of hydrogen-bond donors (Lipinski definition) is 1. The van der Waals surface area contributed by atoms with E-state index in [0.29, 0.717) is 5.56 Å². The molecule has 1 N–H and O–H groups in total. The fourth-order valence-electron chi connectivity index (χ4n) is 3.81. The van der Waals surface area contributed by atoms with Crippen LogP contribution < -0.4 is 10.2 Å². The highest BCUT2D eigenvalue weighted by atomic mass is 16.1. The molecule has 1 aromatic heterocycles. The molecule has 2 aromatic rings. The molecule has 142 valence electrons. The van der Waals surface area contributed by atoms with Crippen molar-refractivity contribution in [2.24, 2.45) is 0 Å². The van der Waals surface area contributed by atoms with Gasteiger partial charge in [0.15, 0.2) is 0 Å². The van der Waals surface area contributed by atoms with Gasteiger partial charge in [-0.05, 0) is 43.4 Å². The lowest BCUT2D eigenvalue weighted by Crippen LogP contribution is -2.32. The summed E-state index contributed by atoms with van der Waals surface area (Å²) in [5.74, 6) is -0.0886. The van der Waals surface area contributed by atoms with Crippen LogP contribution in [-0.2, 0) is 6.42 Å². The summed E-state index contributed by atoms with van der Waals surface area (Å²) in [6.07, 6.45) is 10.4. The third-order valence-electron chi connectivity index (χ3n) is 5.01. The number of pyridine rings is 1. The van der Waals surface area contributed by atoms with Gasteiger partial charge in [0.25, 0.3) is 5.91 Å². The van der Waals surface area contributed by atoms with Gasteiger partial charge in [-0.15, -0.1) is 0 Å². The van der Waals surface area contributed by atoms with Crippen LogP contribution in [0, 0.1) is 0 Å². The summed E-state index contributed by atoms with van der Waals surface area (Å²) < 4.78 is 0. The molecule has 0 unspecified atom stereocenters. The summed E-state index contributed by atoms with van der Waals surface area (Å²) >= 11 is 0. The number of allylic oxidation sites excluding steroid dienone is 1. The van der Waals surface area contributed by atoms with Gasteiger partial charge in [-0.2, -0.15) is 0 Å². The van der Waals surface area contributed by atoms with Gasteiger partial charge in [0.05, 0.1) is 23.0 Å². The lowest BCUT2D eigenvalue weighted by atomic mass is 9.87. The van der Waals surface area contributed by atoms with Gasteiger partial charge in [-0.1, -0.05) is 43.0 Å². The third kappa shape index (κ3) is 3.80. The van der Waals surface area contributed by atoms with Crippen molar-refractivity contribution in [3.05, 3.63) is 71.1 Å². The monoisotopic (exact) mass is 363 g/mol. The van der Waals surface area contributed by atoms with Gasteiger partial charge in [0.2, 0.25) is 0 Å². The number of hydrogen-bond acceptors (Lipinski definition) is 3. The number of nitrogens with one attached hydrogen (secondary N) is 1. The Morgan fingerprint density at radius 2 is 2.15 bits per heavy atom. The molecular weight excluding hydrogens is 334 g/mol. The Hall–Kier alpha value is -2.88. The topological polar surface area (TPSA) is 45.2 Å². The second kappa shape index (κ2) is 8.21. The van der Waals surface area contributed by atoms with Gasteiger partial charge >= 0.3 is 0 Å². The quantitative estimate of drug-likeness (QED) is 0.824. The summed E-state index contributed by atoms with van der Waals surface area (Å²) in [5, 5.41) is 3.24. The highest BCUT2D eigenvalue weighted by Crippen LogP contribution is 2.32. The zero-order valence-corrected chi connectivity index (χ0v) is 16.3. The maximum Gasteiger partial charge on any atom is 0.255 e. The first-order valence-corrected chi connectivity index (χ1v) is 9.41. The minimum atomic E-state index is -0.0886. The van der Waals surface area contributed by atoms with E-state index in [1.807, 2.05) is 44.1 Å². The van der Waals surface area contributed by atoms with Crippen molar-refractivity contribution in [1.82, 2.24) is 10.3 Å². The molecule has 0 radical (unpaired) electrons. The second-order valence-corrected chi connectivity index (χ2v) is 7.04. The standard InChI is InChI=1S/C23H27N3O.H2/c1-5-10-18-20(6-2)24-15-19(22(18)26(3)4)23(27)25-21-14-9-12-16-11-7-8-13-17(16)21;/h5-8,10-11,13,15,21H,2,9,12,14H2,1,3-4H3,(H,25,27);1H/b10-5-;/t21-;/m0./s1. The number of rotatable bonds is 5. The number of amides is 1. The van der Waals surface area contributed by atoms with E-state index in [-0.39, 0.29) is 13.4 Å². The van der Waals surface area contributed by atoms with E-state index in [4.69, 9.17) is 0 Å². The van der Waals surface area contributed by atoms with Crippen LogP contribution in [0.1, 0.15) is 60.0 Å². The molecule has 1 aliphatic rings. The highest BCUT2D eigenvalue weighted by Gasteiger charge is 2.25. The lowest BCUT2D eigenvalue weighted by molar-refractivity contribution is 0.0933. The molecule has 4 nitrogen and oxygen atoms in total. The predicted octanol–water partition coefficient (Wildman–Crippen LogP) is 4.88. The molecule has 3 rings (SSSR count). The number of carbonyl (C=O) groups is 1. The number of nitrogens with zero attached hydrogens (tertiary/aromatic N) is 2. The maximum atomic E-state index is 13.2.